The van der Waals surface area contributed by atoms with Crippen LogP contribution in [0.3, 0.4) is 0 Å². The van der Waals surface area contributed by atoms with Gasteiger partial charge in [-0.3, -0.25) is 4.79 Å². The zero-order chi connectivity index (χ0) is 19.3. The van der Waals surface area contributed by atoms with E-state index < -0.39 is 12.1 Å². The molecule has 1 amide bonds. The minimum Gasteiger partial charge on any atom is -0.489 e. The van der Waals surface area contributed by atoms with E-state index in [1.807, 2.05) is 0 Å². The summed E-state index contributed by atoms with van der Waals surface area (Å²) in [5.41, 5.74) is 12.2. The van der Waals surface area contributed by atoms with Crippen molar-refractivity contribution in [2.45, 2.75) is 12.7 Å². The number of anilines is 2. The lowest BCUT2D eigenvalue weighted by Crippen LogP contribution is -2.42. The summed E-state index contributed by atoms with van der Waals surface area (Å²) in [5, 5.41) is 0.243. The maximum absolute atomic E-state index is 12.8. The van der Waals surface area contributed by atoms with Crippen LogP contribution in [0.2, 0.25) is 5.02 Å². The van der Waals surface area contributed by atoms with Crippen molar-refractivity contribution in [1.29, 1.82) is 0 Å². The summed E-state index contributed by atoms with van der Waals surface area (Å²) in [6.07, 6.45) is -4.97. The number of halogens is 4. The fraction of sp³-hybridized carbons (Fsp3) is 0.235. The van der Waals surface area contributed by atoms with Gasteiger partial charge in [-0.2, -0.15) is 13.2 Å². The summed E-state index contributed by atoms with van der Waals surface area (Å²) in [7, 11) is 0. The summed E-state index contributed by atoms with van der Waals surface area (Å²) in [5.74, 6) is -1.75. The molecule has 9 heteroatoms. The van der Waals surface area contributed by atoms with E-state index in [9.17, 15) is 18.0 Å². The molecule has 0 saturated carbocycles. The van der Waals surface area contributed by atoms with E-state index in [-0.39, 0.29) is 41.8 Å². The number of benzene rings is 2. The molecular formula is C17H17ClF3N3O2. The van der Waals surface area contributed by atoms with Gasteiger partial charge in [0.2, 0.25) is 0 Å². The first-order valence-corrected chi connectivity index (χ1v) is 7.94. The number of amides is 1. The third kappa shape index (κ3) is 4.95. The van der Waals surface area contributed by atoms with Crippen LogP contribution in [0.15, 0.2) is 42.5 Å². The number of rotatable bonds is 6. The van der Waals surface area contributed by atoms with Gasteiger partial charge in [-0.25, -0.2) is 0 Å². The summed E-state index contributed by atoms with van der Waals surface area (Å²) in [6.45, 7) is -0.671. The Bertz CT molecular complexity index is 770. The monoisotopic (exact) mass is 387 g/mol. The van der Waals surface area contributed by atoms with E-state index in [0.717, 1.165) is 0 Å². The third-order valence-corrected chi connectivity index (χ3v) is 3.89. The maximum atomic E-state index is 12.8. The molecule has 0 heterocycles. The van der Waals surface area contributed by atoms with E-state index in [2.05, 4.69) is 0 Å². The molecule has 0 fully saturated rings. The van der Waals surface area contributed by atoms with Gasteiger partial charge in [0.25, 0.3) is 0 Å². The van der Waals surface area contributed by atoms with E-state index in [4.69, 9.17) is 27.8 Å². The van der Waals surface area contributed by atoms with Crippen molar-refractivity contribution in [3.8, 4) is 5.75 Å². The van der Waals surface area contributed by atoms with Gasteiger partial charge in [-0.1, -0.05) is 41.9 Å². The lowest BCUT2D eigenvalue weighted by atomic mass is 10.2. The van der Waals surface area contributed by atoms with Crippen molar-refractivity contribution >= 4 is 28.9 Å². The Balaban J connectivity index is 2.07. The molecule has 140 valence electrons. The number of carbonyl (C=O) groups excluding carboxylic acids is 1. The van der Waals surface area contributed by atoms with Crippen molar-refractivity contribution in [3.63, 3.8) is 0 Å². The van der Waals surface area contributed by atoms with Crippen molar-refractivity contribution in [2.75, 3.05) is 24.6 Å². The van der Waals surface area contributed by atoms with Gasteiger partial charge >= 0.3 is 12.1 Å². The quantitative estimate of drug-likeness (QED) is 0.743. The first-order valence-electron chi connectivity index (χ1n) is 7.56. The molecule has 0 aliphatic carbocycles. The van der Waals surface area contributed by atoms with Crippen molar-refractivity contribution in [1.82, 2.24) is 4.90 Å². The third-order valence-electron chi connectivity index (χ3n) is 3.56. The second kappa shape index (κ2) is 8.18. The number of hydrogen-bond donors (Lipinski definition) is 2. The van der Waals surface area contributed by atoms with Crippen molar-refractivity contribution < 1.29 is 22.7 Å². The fourth-order valence-corrected chi connectivity index (χ4v) is 2.38. The number of alkyl halides is 3. The number of nitrogen functional groups attached to an aromatic ring is 2. The highest BCUT2D eigenvalue weighted by Crippen LogP contribution is 2.33. The first kappa shape index (κ1) is 19.7. The van der Waals surface area contributed by atoms with Crippen LogP contribution in [0, 0.1) is 0 Å². The minimum atomic E-state index is -4.97. The standard InChI is InChI=1S/C17H17ClF3N3O2/c18-12-6-7-13(15(23)14(12)22)26-9-8-24(16(25)17(19,20)21)10-11-4-2-1-3-5-11/h1-7H,8-10,22-23H2. The molecule has 0 atom stereocenters. The molecule has 26 heavy (non-hydrogen) atoms. The van der Waals surface area contributed by atoms with Crippen LogP contribution in [0.4, 0.5) is 24.5 Å². The van der Waals surface area contributed by atoms with E-state index >= 15 is 0 Å². The van der Waals surface area contributed by atoms with Crippen LogP contribution in [0.5, 0.6) is 5.75 Å². The van der Waals surface area contributed by atoms with Crippen LogP contribution < -0.4 is 16.2 Å². The zero-order valence-corrected chi connectivity index (χ0v) is 14.3. The van der Waals surface area contributed by atoms with Gasteiger partial charge in [0.15, 0.2) is 0 Å². The Kier molecular flexibility index (Phi) is 6.20. The molecule has 0 aliphatic rings. The molecule has 0 saturated heterocycles. The van der Waals surface area contributed by atoms with Crippen LogP contribution in [-0.2, 0) is 11.3 Å². The van der Waals surface area contributed by atoms with E-state index in [1.165, 1.54) is 12.1 Å². The second-order valence-corrected chi connectivity index (χ2v) is 5.84. The molecule has 5 nitrogen and oxygen atoms in total. The second-order valence-electron chi connectivity index (χ2n) is 5.43. The number of hydrogen-bond acceptors (Lipinski definition) is 4. The highest BCUT2D eigenvalue weighted by molar-refractivity contribution is 6.33. The molecule has 0 aromatic heterocycles. The molecule has 2 rings (SSSR count). The first-order chi connectivity index (χ1) is 12.2. The van der Waals surface area contributed by atoms with Gasteiger partial charge in [0.1, 0.15) is 12.4 Å². The summed E-state index contributed by atoms with van der Waals surface area (Å²) < 4.78 is 43.9. The van der Waals surface area contributed by atoms with Crippen LogP contribution in [-0.4, -0.2) is 30.1 Å². The number of carbonyl (C=O) groups is 1. The Hall–Kier alpha value is -2.61. The van der Waals surface area contributed by atoms with Crippen LogP contribution in [0.1, 0.15) is 5.56 Å². The lowest BCUT2D eigenvalue weighted by Gasteiger charge is -2.24. The number of nitrogens with zero attached hydrogens (tertiary/aromatic N) is 1. The average Bonchev–Trinajstić information content (AvgIpc) is 2.60. The highest BCUT2D eigenvalue weighted by Gasteiger charge is 2.42. The topological polar surface area (TPSA) is 81.6 Å². The molecule has 4 N–H and O–H groups in total. The minimum absolute atomic E-state index is 0.0919. The number of nitrogens with two attached hydrogens (primary N) is 2. The average molecular weight is 388 g/mol. The maximum Gasteiger partial charge on any atom is 0.471 e. The molecular weight excluding hydrogens is 371 g/mol. The van der Waals surface area contributed by atoms with E-state index in [0.29, 0.717) is 10.5 Å². The predicted octanol–water partition coefficient (Wildman–Crippen LogP) is 3.47. The van der Waals surface area contributed by atoms with Crippen molar-refractivity contribution in [2.24, 2.45) is 0 Å². The van der Waals surface area contributed by atoms with Crippen molar-refractivity contribution in [3.05, 3.63) is 53.1 Å². The largest absolute Gasteiger partial charge is 0.489 e. The predicted molar refractivity (Wildman–Crippen MR) is 93.7 cm³/mol. The van der Waals surface area contributed by atoms with Gasteiger partial charge in [0.05, 0.1) is 22.9 Å². The van der Waals surface area contributed by atoms with Gasteiger partial charge in [-0.15, -0.1) is 0 Å². The molecule has 2 aromatic rings. The van der Waals surface area contributed by atoms with Gasteiger partial charge in [-0.05, 0) is 17.7 Å². The van der Waals surface area contributed by atoms with Gasteiger partial charge in [0, 0.05) is 6.54 Å². The molecule has 0 radical (unpaired) electrons. The Morgan fingerprint density at radius 1 is 1.08 bits per heavy atom. The normalized spacial score (nSPS) is 11.2. The Morgan fingerprint density at radius 2 is 1.73 bits per heavy atom. The smallest absolute Gasteiger partial charge is 0.471 e. The van der Waals surface area contributed by atoms with E-state index in [1.54, 1.807) is 30.3 Å². The lowest BCUT2D eigenvalue weighted by molar-refractivity contribution is -0.186. The Morgan fingerprint density at radius 3 is 2.35 bits per heavy atom. The van der Waals surface area contributed by atoms with Crippen LogP contribution >= 0.6 is 11.6 Å². The molecule has 0 unspecified atom stereocenters. The highest BCUT2D eigenvalue weighted by atomic mass is 35.5. The molecule has 0 spiro atoms. The zero-order valence-electron chi connectivity index (χ0n) is 13.6. The summed E-state index contributed by atoms with van der Waals surface area (Å²) >= 11 is 5.81. The fourth-order valence-electron chi connectivity index (χ4n) is 2.22. The molecule has 0 bridgehead atoms. The summed E-state index contributed by atoms with van der Waals surface area (Å²) in [6, 6.07) is 11.3. The van der Waals surface area contributed by atoms with Gasteiger partial charge < -0.3 is 21.1 Å². The summed E-state index contributed by atoms with van der Waals surface area (Å²) in [4.78, 5) is 12.3. The number of ether oxygens (including phenoxy) is 1. The molecule has 0 aliphatic heterocycles. The SMILES string of the molecule is Nc1c(Cl)ccc(OCCN(Cc2ccccc2)C(=O)C(F)(F)F)c1N. The Labute approximate surface area is 153 Å². The van der Waals surface area contributed by atoms with Crippen LogP contribution in [0.25, 0.3) is 0 Å². The molecule has 2 aromatic carbocycles.